The van der Waals surface area contributed by atoms with Gasteiger partial charge in [0.2, 0.25) is 17.7 Å². The van der Waals surface area contributed by atoms with Crippen molar-refractivity contribution in [2.45, 2.75) is 129 Å². The molecule has 1 aliphatic rings. The number of aliphatic hydroxyl groups excluding tert-OH is 1. The molecular formula is C38H60N6O6. The van der Waals surface area contributed by atoms with Crippen LogP contribution in [0.15, 0.2) is 42.9 Å². The topological polar surface area (TPSA) is 171 Å². The van der Waals surface area contributed by atoms with E-state index in [9.17, 15) is 24.3 Å². The first kappa shape index (κ1) is 40.7. The Kier molecular flexibility index (Phi) is 15.5. The second-order valence-electron chi connectivity index (χ2n) is 15.5. The van der Waals surface area contributed by atoms with Crippen LogP contribution >= 0.6 is 0 Å². The monoisotopic (exact) mass is 696 g/mol. The van der Waals surface area contributed by atoms with Crippen molar-refractivity contribution in [2.75, 3.05) is 14.1 Å². The molecule has 0 bridgehead atoms. The molecule has 3 rings (SSSR count). The molecule has 4 amide bonds. The molecule has 0 radical (unpaired) electrons. The number of nitrogens with two attached hydrogens (primary N) is 1. The maximum atomic E-state index is 14.6. The normalized spacial score (nSPS) is 16.9. The number of nitrogens with one attached hydrogen (secondary N) is 2. The van der Waals surface area contributed by atoms with E-state index in [1.54, 1.807) is 41.1 Å². The zero-order valence-corrected chi connectivity index (χ0v) is 31.1. The Morgan fingerprint density at radius 3 is 2.24 bits per heavy atom. The maximum absolute atomic E-state index is 14.6. The highest BCUT2D eigenvalue weighted by Gasteiger charge is 2.42. The fourth-order valence-corrected chi connectivity index (χ4v) is 6.78. The van der Waals surface area contributed by atoms with Gasteiger partial charge in [-0.1, -0.05) is 76.3 Å². The van der Waals surface area contributed by atoms with Crippen LogP contribution in [0, 0.1) is 17.8 Å². The molecule has 0 unspecified atom stereocenters. The first-order valence-corrected chi connectivity index (χ1v) is 18.1. The Hall–Kier alpha value is -3.77. The number of carbonyl (C=O) groups is 4. The van der Waals surface area contributed by atoms with Crippen molar-refractivity contribution >= 4 is 23.8 Å². The third kappa shape index (κ3) is 12.8. The molecule has 1 aromatic carbocycles. The van der Waals surface area contributed by atoms with Crippen LogP contribution in [0.4, 0.5) is 4.79 Å². The number of benzene rings is 1. The van der Waals surface area contributed by atoms with Crippen molar-refractivity contribution in [2.24, 2.45) is 23.5 Å². The predicted octanol–water partition coefficient (Wildman–Crippen LogP) is 4.61. The molecule has 2 aromatic rings. The number of amides is 4. The number of hydrogen-bond donors (Lipinski definition) is 4. The summed E-state index contributed by atoms with van der Waals surface area (Å²) in [6, 6.07) is 5.92. The van der Waals surface area contributed by atoms with Crippen LogP contribution in [0.1, 0.15) is 97.2 Å². The highest BCUT2D eigenvalue weighted by Crippen LogP contribution is 2.30. The van der Waals surface area contributed by atoms with Crippen LogP contribution in [0.25, 0.3) is 0 Å². The van der Waals surface area contributed by atoms with Gasteiger partial charge in [-0.05, 0) is 63.9 Å². The van der Waals surface area contributed by atoms with Gasteiger partial charge in [-0.2, -0.15) is 0 Å². The van der Waals surface area contributed by atoms with Crippen LogP contribution < -0.4 is 11.1 Å². The fraction of sp³-hybridized carbons (Fsp3) is 0.658. The Balaban J connectivity index is 2.01. The maximum Gasteiger partial charge on any atom is 0.417 e. The molecule has 1 heterocycles. The minimum Gasteiger partial charge on any atom is -0.443 e. The van der Waals surface area contributed by atoms with Gasteiger partial charge in [-0.15, -0.1) is 0 Å². The molecule has 12 heteroatoms. The molecule has 12 nitrogen and oxygen atoms in total. The quantitative estimate of drug-likeness (QED) is 0.197. The third-order valence-corrected chi connectivity index (χ3v) is 9.19. The number of ether oxygens (including phenoxy) is 1. The fourth-order valence-electron chi connectivity index (χ4n) is 6.78. The lowest BCUT2D eigenvalue weighted by molar-refractivity contribution is -0.141. The minimum atomic E-state index is -1.39. The second-order valence-corrected chi connectivity index (χ2v) is 15.5. The largest absolute Gasteiger partial charge is 0.443 e. The van der Waals surface area contributed by atoms with Crippen LogP contribution in [-0.4, -0.2) is 92.6 Å². The zero-order valence-electron chi connectivity index (χ0n) is 31.1. The van der Waals surface area contributed by atoms with Crippen LogP contribution in [0.2, 0.25) is 0 Å². The van der Waals surface area contributed by atoms with Crippen molar-refractivity contribution < 1.29 is 29.0 Å². The van der Waals surface area contributed by atoms with Gasteiger partial charge in [0.15, 0.2) is 0 Å². The standard InChI is InChI=1S/C38H60N6O6/c1-25(2)18-28(35(47)43(6)7)21-33(45)31(20-27-16-12-9-13-17-27)42-34(46)32(22-29-23-40-24-41-29)44(37(49)50-38(3,4)5)36(48)30(39)19-26-14-10-8-11-15-26/h8,10-11,14-15,23-25,27-28,30-33,45H,9,12-13,16-22,39H2,1-7H3,(H,40,41)(H,42,46)/t28-,30+,31+,32+,33+/m1/s1. The number of imide groups is 1. The van der Waals surface area contributed by atoms with Crippen LogP contribution in [0.5, 0.6) is 0 Å². The molecule has 0 saturated heterocycles. The molecule has 0 aliphatic heterocycles. The van der Waals surface area contributed by atoms with Gasteiger partial charge in [0, 0.05) is 32.6 Å². The molecule has 278 valence electrons. The lowest BCUT2D eigenvalue weighted by atomic mass is 9.81. The van der Waals surface area contributed by atoms with E-state index in [0.717, 1.165) is 42.6 Å². The van der Waals surface area contributed by atoms with E-state index in [0.29, 0.717) is 18.5 Å². The average Bonchev–Trinajstić information content (AvgIpc) is 3.56. The van der Waals surface area contributed by atoms with E-state index in [1.807, 2.05) is 44.2 Å². The van der Waals surface area contributed by atoms with E-state index >= 15 is 0 Å². The first-order valence-electron chi connectivity index (χ1n) is 18.1. The van der Waals surface area contributed by atoms with E-state index in [4.69, 9.17) is 10.5 Å². The summed E-state index contributed by atoms with van der Waals surface area (Å²) in [5, 5.41) is 14.9. The van der Waals surface area contributed by atoms with Crippen molar-refractivity contribution in [1.29, 1.82) is 0 Å². The Morgan fingerprint density at radius 2 is 1.68 bits per heavy atom. The summed E-state index contributed by atoms with van der Waals surface area (Å²) in [5.74, 6) is -1.44. The van der Waals surface area contributed by atoms with Crippen molar-refractivity contribution in [1.82, 2.24) is 25.1 Å². The lowest BCUT2D eigenvalue weighted by Gasteiger charge is -2.36. The number of H-pyrrole nitrogens is 1. The van der Waals surface area contributed by atoms with E-state index in [1.165, 1.54) is 11.2 Å². The van der Waals surface area contributed by atoms with Gasteiger partial charge in [0.25, 0.3) is 0 Å². The number of aliphatic hydroxyl groups is 1. The van der Waals surface area contributed by atoms with Gasteiger partial charge in [0.1, 0.15) is 11.6 Å². The van der Waals surface area contributed by atoms with Gasteiger partial charge in [0.05, 0.1) is 30.2 Å². The molecule has 1 fully saturated rings. The molecule has 5 N–H and O–H groups in total. The summed E-state index contributed by atoms with van der Waals surface area (Å²) < 4.78 is 5.69. The number of imidazole rings is 1. The second kappa shape index (κ2) is 19.0. The van der Waals surface area contributed by atoms with Crippen molar-refractivity contribution in [3.05, 3.63) is 54.1 Å². The Labute approximate surface area is 297 Å². The molecule has 5 atom stereocenters. The van der Waals surface area contributed by atoms with Gasteiger partial charge in [-0.3, -0.25) is 14.4 Å². The van der Waals surface area contributed by atoms with E-state index in [2.05, 4.69) is 15.3 Å². The Bertz CT molecular complexity index is 1350. The summed E-state index contributed by atoms with van der Waals surface area (Å²) in [4.78, 5) is 65.3. The number of aromatic amines is 1. The summed E-state index contributed by atoms with van der Waals surface area (Å²) in [6.07, 6.45) is 7.49. The van der Waals surface area contributed by atoms with Crippen molar-refractivity contribution in [3.8, 4) is 0 Å². The van der Waals surface area contributed by atoms with Gasteiger partial charge in [-0.25, -0.2) is 14.7 Å². The summed E-state index contributed by atoms with van der Waals surface area (Å²) in [5.41, 5.74) is 6.72. The molecule has 1 aromatic heterocycles. The van der Waals surface area contributed by atoms with E-state index < -0.39 is 53.7 Å². The van der Waals surface area contributed by atoms with Gasteiger partial charge < -0.3 is 30.8 Å². The number of rotatable bonds is 16. The van der Waals surface area contributed by atoms with Gasteiger partial charge >= 0.3 is 6.09 Å². The summed E-state index contributed by atoms with van der Waals surface area (Å²) in [6.45, 7) is 9.11. The number of hydrogen-bond acceptors (Lipinski definition) is 8. The van der Waals surface area contributed by atoms with Crippen LogP contribution in [-0.2, 0) is 32.0 Å². The average molecular weight is 697 g/mol. The lowest BCUT2D eigenvalue weighted by Crippen LogP contribution is -2.60. The number of carbonyl (C=O) groups excluding carboxylic acids is 4. The molecule has 0 spiro atoms. The highest BCUT2D eigenvalue weighted by atomic mass is 16.6. The number of nitrogens with zero attached hydrogens (tertiary/aromatic N) is 3. The summed E-state index contributed by atoms with van der Waals surface area (Å²) >= 11 is 0. The smallest absolute Gasteiger partial charge is 0.417 e. The van der Waals surface area contributed by atoms with Crippen LogP contribution in [0.3, 0.4) is 0 Å². The Morgan fingerprint density at radius 1 is 1.02 bits per heavy atom. The minimum absolute atomic E-state index is 0.0778. The van der Waals surface area contributed by atoms with E-state index in [-0.39, 0.29) is 37.0 Å². The zero-order chi connectivity index (χ0) is 37.0. The molecule has 1 aliphatic carbocycles. The summed E-state index contributed by atoms with van der Waals surface area (Å²) in [7, 11) is 3.40. The third-order valence-electron chi connectivity index (χ3n) is 9.19. The highest BCUT2D eigenvalue weighted by molar-refractivity contribution is 6.00. The molecule has 50 heavy (non-hydrogen) atoms. The molecular weight excluding hydrogens is 636 g/mol. The SMILES string of the molecule is CC(C)C[C@H](C[C@H](O)[C@H](CC1CCCCC1)NC(=O)[C@H](Cc1c[nH]cn1)N(C(=O)OC(C)(C)C)C(=O)[C@@H](N)Cc1ccccc1)C(=O)N(C)C. The van der Waals surface area contributed by atoms with Crippen molar-refractivity contribution in [3.63, 3.8) is 0 Å². The number of aromatic nitrogens is 2. The first-order chi connectivity index (χ1) is 23.6. The molecule has 1 saturated carbocycles. The predicted molar refractivity (Wildman–Crippen MR) is 193 cm³/mol.